The SMILES string of the molecule is C=C(CC(C)C(=O)CF)OC(C)C. The summed E-state index contributed by atoms with van der Waals surface area (Å²) in [6, 6.07) is 0. The Bertz CT molecular complexity index is 187. The second kappa shape index (κ2) is 5.73. The number of allylic oxidation sites excluding steroid dienone is 1. The van der Waals surface area contributed by atoms with E-state index in [2.05, 4.69) is 6.58 Å². The van der Waals surface area contributed by atoms with Gasteiger partial charge in [0.2, 0.25) is 0 Å². The first-order chi connectivity index (χ1) is 5.97. The van der Waals surface area contributed by atoms with Crippen LogP contribution in [-0.4, -0.2) is 18.6 Å². The van der Waals surface area contributed by atoms with Crippen molar-refractivity contribution in [1.82, 2.24) is 0 Å². The van der Waals surface area contributed by atoms with Crippen LogP contribution in [0.2, 0.25) is 0 Å². The van der Waals surface area contributed by atoms with Gasteiger partial charge in [-0.2, -0.15) is 0 Å². The summed E-state index contributed by atoms with van der Waals surface area (Å²) in [5.74, 6) is -0.186. The van der Waals surface area contributed by atoms with Gasteiger partial charge in [-0.15, -0.1) is 0 Å². The maximum Gasteiger partial charge on any atom is 0.167 e. The van der Waals surface area contributed by atoms with Crippen LogP contribution in [0.1, 0.15) is 27.2 Å². The van der Waals surface area contributed by atoms with E-state index in [9.17, 15) is 9.18 Å². The standard InChI is InChI=1S/C10H17FO2/c1-7(2)13-9(4)5-8(3)10(12)6-11/h7-8H,4-6H2,1-3H3. The van der Waals surface area contributed by atoms with E-state index in [0.29, 0.717) is 12.2 Å². The first-order valence-corrected chi connectivity index (χ1v) is 4.40. The number of halogens is 1. The molecule has 0 N–H and O–H groups in total. The predicted molar refractivity (Wildman–Crippen MR) is 50.1 cm³/mol. The molecule has 2 nitrogen and oxygen atoms in total. The number of carbonyl (C=O) groups is 1. The van der Waals surface area contributed by atoms with Crippen LogP contribution in [0, 0.1) is 5.92 Å². The summed E-state index contributed by atoms with van der Waals surface area (Å²) in [4.78, 5) is 10.9. The highest BCUT2D eigenvalue weighted by molar-refractivity contribution is 5.81. The average Bonchev–Trinajstić information content (AvgIpc) is 2.01. The van der Waals surface area contributed by atoms with Crippen molar-refractivity contribution in [2.45, 2.75) is 33.3 Å². The summed E-state index contributed by atoms with van der Waals surface area (Å²) in [5.41, 5.74) is 0. The van der Waals surface area contributed by atoms with Crippen molar-refractivity contribution in [1.29, 1.82) is 0 Å². The molecule has 0 aliphatic heterocycles. The van der Waals surface area contributed by atoms with Crippen LogP contribution in [0.15, 0.2) is 12.3 Å². The zero-order valence-electron chi connectivity index (χ0n) is 8.47. The van der Waals surface area contributed by atoms with Gasteiger partial charge >= 0.3 is 0 Å². The summed E-state index contributed by atoms with van der Waals surface area (Å²) in [7, 11) is 0. The Morgan fingerprint density at radius 2 is 2.00 bits per heavy atom. The Morgan fingerprint density at radius 3 is 2.38 bits per heavy atom. The lowest BCUT2D eigenvalue weighted by atomic mass is 10.0. The summed E-state index contributed by atoms with van der Waals surface area (Å²) in [6.07, 6.45) is 0.459. The summed E-state index contributed by atoms with van der Waals surface area (Å²) in [6.45, 7) is 8.19. The molecule has 0 amide bonds. The fraction of sp³-hybridized carbons (Fsp3) is 0.700. The maximum absolute atomic E-state index is 11.9. The smallest absolute Gasteiger partial charge is 0.167 e. The molecule has 0 heterocycles. The molecule has 0 radical (unpaired) electrons. The van der Waals surface area contributed by atoms with E-state index in [4.69, 9.17) is 4.74 Å². The first-order valence-electron chi connectivity index (χ1n) is 4.40. The summed E-state index contributed by atoms with van der Waals surface area (Å²) in [5, 5.41) is 0. The van der Waals surface area contributed by atoms with Gasteiger partial charge in [0.15, 0.2) is 5.78 Å². The van der Waals surface area contributed by atoms with Crippen LogP contribution >= 0.6 is 0 Å². The van der Waals surface area contributed by atoms with E-state index in [-0.39, 0.29) is 12.0 Å². The summed E-state index contributed by atoms with van der Waals surface area (Å²) >= 11 is 0. The molecule has 0 spiro atoms. The molecule has 0 saturated carbocycles. The molecule has 13 heavy (non-hydrogen) atoms. The second-order valence-corrected chi connectivity index (χ2v) is 3.41. The van der Waals surface area contributed by atoms with Crippen molar-refractivity contribution < 1.29 is 13.9 Å². The van der Waals surface area contributed by atoms with Gasteiger partial charge < -0.3 is 4.74 Å². The maximum atomic E-state index is 11.9. The quantitative estimate of drug-likeness (QED) is 0.598. The Labute approximate surface area is 78.8 Å². The zero-order chi connectivity index (χ0) is 10.4. The van der Waals surface area contributed by atoms with Gasteiger partial charge in [0.05, 0.1) is 11.9 Å². The molecule has 0 aliphatic rings. The molecule has 1 unspecified atom stereocenters. The largest absolute Gasteiger partial charge is 0.496 e. The molecule has 3 heteroatoms. The normalized spacial score (nSPS) is 12.7. The van der Waals surface area contributed by atoms with Gasteiger partial charge in [-0.25, -0.2) is 4.39 Å². The predicted octanol–water partition coefficient (Wildman–Crippen LogP) is 2.49. The lowest BCUT2D eigenvalue weighted by molar-refractivity contribution is -0.123. The molecular weight excluding hydrogens is 171 g/mol. The fourth-order valence-electron chi connectivity index (χ4n) is 0.968. The van der Waals surface area contributed by atoms with Gasteiger partial charge in [0.1, 0.15) is 6.67 Å². The van der Waals surface area contributed by atoms with Crippen molar-refractivity contribution >= 4 is 5.78 Å². The van der Waals surface area contributed by atoms with E-state index in [0.717, 1.165) is 0 Å². The van der Waals surface area contributed by atoms with Gasteiger partial charge in [0.25, 0.3) is 0 Å². The van der Waals surface area contributed by atoms with Crippen LogP contribution in [0.3, 0.4) is 0 Å². The minimum atomic E-state index is -0.907. The lowest BCUT2D eigenvalue weighted by Crippen LogP contribution is -2.15. The number of ether oxygens (including phenoxy) is 1. The minimum absolute atomic E-state index is 0.0557. The van der Waals surface area contributed by atoms with Crippen molar-refractivity contribution in [3.63, 3.8) is 0 Å². The molecule has 1 atom stereocenters. The molecule has 0 aliphatic carbocycles. The van der Waals surface area contributed by atoms with Crippen LogP contribution in [0.25, 0.3) is 0 Å². The van der Waals surface area contributed by atoms with E-state index in [1.54, 1.807) is 6.92 Å². The number of Topliss-reactive ketones (excluding diaryl/α,β-unsaturated/α-hetero) is 1. The molecule has 0 aromatic heterocycles. The Morgan fingerprint density at radius 1 is 1.46 bits per heavy atom. The van der Waals surface area contributed by atoms with Crippen molar-refractivity contribution in [2.75, 3.05) is 6.67 Å². The van der Waals surface area contributed by atoms with Crippen LogP contribution in [-0.2, 0) is 9.53 Å². The third kappa shape index (κ3) is 5.39. The number of hydrogen-bond acceptors (Lipinski definition) is 2. The molecule has 0 saturated heterocycles. The molecule has 0 rings (SSSR count). The van der Waals surface area contributed by atoms with Crippen LogP contribution in [0.4, 0.5) is 4.39 Å². The number of rotatable bonds is 6. The zero-order valence-corrected chi connectivity index (χ0v) is 8.47. The van der Waals surface area contributed by atoms with Crippen molar-refractivity contribution in [3.05, 3.63) is 12.3 Å². The Kier molecular flexibility index (Phi) is 5.35. The van der Waals surface area contributed by atoms with Crippen molar-refractivity contribution in [3.8, 4) is 0 Å². The number of ketones is 1. The third-order valence-electron chi connectivity index (χ3n) is 1.62. The second-order valence-electron chi connectivity index (χ2n) is 3.41. The van der Waals surface area contributed by atoms with Crippen molar-refractivity contribution in [2.24, 2.45) is 5.92 Å². The molecule has 0 fully saturated rings. The summed E-state index contributed by atoms with van der Waals surface area (Å²) < 4.78 is 17.2. The van der Waals surface area contributed by atoms with E-state index >= 15 is 0 Å². The van der Waals surface area contributed by atoms with Gasteiger partial charge in [0, 0.05) is 12.3 Å². The highest BCUT2D eigenvalue weighted by Gasteiger charge is 2.14. The van der Waals surface area contributed by atoms with E-state index in [1.807, 2.05) is 13.8 Å². The van der Waals surface area contributed by atoms with Gasteiger partial charge in [-0.3, -0.25) is 4.79 Å². The molecular formula is C10H17FO2. The molecule has 0 aromatic rings. The minimum Gasteiger partial charge on any atom is -0.496 e. The fourth-order valence-corrected chi connectivity index (χ4v) is 0.968. The monoisotopic (exact) mass is 188 g/mol. The highest BCUT2D eigenvalue weighted by Crippen LogP contribution is 2.13. The molecule has 0 aromatic carbocycles. The lowest BCUT2D eigenvalue weighted by Gasteiger charge is -2.14. The average molecular weight is 188 g/mol. The van der Waals surface area contributed by atoms with E-state index < -0.39 is 12.5 Å². The highest BCUT2D eigenvalue weighted by atomic mass is 19.1. The third-order valence-corrected chi connectivity index (χ3v) is 1.62. The Hall–Kier alpha value is -0.860. The first kappa shape index (κ1) is 12.1. The number of hydrogen-bond donors (Lipinski definition) is 0. The molecule has 76 valence electrons. The van der Waals surface area contributed by atoms with Gasteiger partial charge in [-0.05, 0) is 13.8 Å². The number of alkyl halides is 1. The molecule has 0 bridgehead atoms. The number of carbonyl (C=O) groups excluding carboxylic acids is 1. The van der Waals surface area contributed by atoms with Crippen LogP contribution in [0.5, 0.6) is 0 Å². The van der Waals surface area contributed by atoms with Crippen LogP contribution < -0.4 is 0 Å². The van der Waals surface area contributed by atoms with E-state index in [1.165, 1.54) is 0 Å². The topological polar surface area (TPSA) is 26.3 Å². The van der Waals surface area contributed by atoms with Gasteiger partial charge in [-0.1, -0.05) is 13.5 Å². The Balaban J connectivity index is 3.85.